The van der Waals surface area contributed by atoms with E-state index >= 15 is 0 Å². The maximum atomic E-state index is 13.5. The van der Waals surface area contributed by atoms with Crippen LogP contribution in [0, 0.1) is 5.82 Å². The molecule has 84 valence electrons. The highest BCUT2D eigenvalue weighted by atomic mass is 19.1. The van der Waals surface area contributed by atoms with Crippen molar-refractivity contribution in [1.29, 1.82) is 0 Å². The van der Waals surface area contributed by atoms with Gasteiger partial charge in [0.25, 0.3) is 0 Å². The van der Waals surface area contributed by atoms with Crippen LogP contribution < -0.4 is 5.73 Å². The molecule has 0 saturated heterocycles. The molecule has 16 heavy (non-hydrogen) atoms. The third kappa shape index (κ3) is 1.81. The van der Waals surface area contributed by atoms with Crippen molar-refractivity contribution in [3.8, 4) is 0 Å². The summed E-state index contributed by atoms with van der Waals surface area (Å²) in [4.78, 5) is 0. The standard InChI is InChI=1S/C14H16FN/c1-14(2,9-16)11-6-7-12-10(8-11)4-3-5-13(12)15/h3-8H,9,16H2,1-2H3. The van der Waals surface area contributed by atoms with E-state index in [0.717, 1.165) is 10.9 Å². The van der Waals surface area contributed by atoms with E-state index in [-0.39, 0.29) is 11.2 Å². The van der Waals surface area contributed by atoms with Crippen LogP contribution >= 0.6 is 0 Å². The number of rotatable bonds is 2. The van der Waals surface area contributed by atoms with Crippen molar-refractivity contribution in [3.63, 3.8) is 0 Å². The molecule has 0 fully saturated rings. The first-order valence-electron chi connectivity index (χ1n) is 5.43. The molecule has 0 atom stereocenters. The zero-order valence-corrected chi connectivity index (χ0v) is 9.63. The van der Waals surface area contributed by atoms with Gasteiger partial charge in [-0.1, -0.05) is 44.2 Å². The van der Waals surface area contributed by atoms with Gasteiger partial charge in [0, 0.05) is 17.3 Å². The van der Waals surface area contributed by atoms with Crippen LogP contribution in [0.25, 0.3) is 10.8 Å². The SMILES string of the molecule is CC(C)(CN)c1ccc2c(F)cccc2c1. The summed E-state index contributed by atoms with van der Waals surface area (Å²) < 4.78 is 13.5. The number of nitrogens with two attached hydrogens (primary N) is 1. The molecule has 0 aliphatic heterocycles. The summed E-state index contributed by atoms with van der Waals surface area (Å²) in [6.07, 6.45) is 0. The van der Waals surface area contributed by atoms with Gasteiger partial charge in [-0.25, -0.2) is 4.39 Å². The quantitative estimate of drug-likeness (QED) is 0.821. The second-order valence-electron chi connectivity index (χ2n) is 4.76. The molecule has 0 aliphatic carbocycles. The number of benzene rings is 2. The lowest BCUT2D eigenvalue weighted by atomic mass is 9.84. The molecule has 2 aromatic rings. The Morgan fingerprint density at radius 1 is 1.19 bits per heavy atom. The van der Waals surface area contributed by atoms with Gasteiger partial charge in [0.1, 0.15) is 5.82 Å². The van der Waals surface area contributed by atoms with E-state index in [9.17, 15) is 4.39 Å². The zero-order valence-electron chi connectivity index (χ0n) is 9.63. The summed E-state index contributed by atoms with van der Waals surface area (Å²) in [7, 11) is 0. The van der Waals surface area contributed by atoms with Crippen LogP contribution in [-0.4, -0.2) is 6.54 Å². The van der Waals surface area contributed by atoms with Crippen LogP contribution in [-0.2, 0) is 5.41 Å². The number of hydrogen-bond donors (Lipinski definition) is 1. The molecule has 0 bridgehead atoms. The highest BCUT2D eigenvalue weighted by Gasteiger charge is 2.18. The second-order valence-corrected chi connectivity index (χ2v) is 4.76. The average molecular weight is 217 g/mol. The minimum Gasteiger partial charge on any atom is -0.330 e. The largest absolute Gasteiger partial charge is 0.330 e. The molecule has 1 nitrogen and oxygen atoms in total. The first kappa shape index (κ1) is 11.1. The fourth-order valence-corrected chi connectivity index (χ4v) is 1.78. The van der Waals surface area contributed by atoms with Gasteiger partial charge in [-0.2, -0.15) is 0 Å². The summed E-state index contributed by atoms with van der Waals surface area (Å²) in [6, 6.07) is 10.9. The summed E-state index contributed by atoms with van der Waals surface area (Å²) in [5, 5.41) is 1.60. The number of halogens is 1. The Hall–Kier alpha value is -1.41. The van der Waals surface area contributed by atoms with Crippen LogP contribution in [0.2, 0.25) is 0 Å². The summed E-state index contributed by atoms with van der Waals surface area (Å²) >= 11 is 0. The molecule has 2 N–H and O–H groups in total. The van der Waals surface area contributed by atoms with Crippen molar-refractivity contribution in [3.05, 3.63) is 47.8 Å². The molecule has 0 saturated carbocycles. The van der Waals surface area contributed by atoms with E-state index in [2.05, 4.69) is 13.8 Å². The fraction of sp³-hybridized carbons (Fsp3) is 0.286. The maximum Gasteiger partial charge on any atom is 0.131 e. The highest BCUT2D eigenvalue weighted by molar-refractivity contribution is 5.83. The van der Waals surface area contributed by atoms with E-state index in [1.807, 2.05) is 24.3 Å². The highest BCUT2D eigenvalue weighted by Crippen LogP contribution is 2.26. The first-order valence-corrected chi connectivity index (χ1v) is 5.43. The smallest absolute Gasteiger partial charge is 0.131 e. The third-order valence-electron chi connectivity index (χ3n) is 3.12. The zero-order chi connectivity index (χ0) is 11.8. The lowest BCUT2D eigenvalue weighted by Gasteiger charge is -2.23. The Morgan fingerprint density at radius 3 is 2.62 bits per heavy atom. The van der Waals surface area contributed by atoms with Gasteiger partial charge in [0.05, 0.1) is 0 Å². The second kappa shape index (κ2) is 3.87. The molecule has 2 heteroatoms. The van der Waals surface area contributed by atoms with Gasteiger partial charge < -0.3 is 5.73 Å². The Kier molecular flexibility index (Phi) is 2.68. The van der Waals surface area contributed by atoms with Crippen molar-refractivity contribution in [2.45, 2.75) is 19.3 Å². The van der Waals surface area contributed by atoms with Gasteiger partial charge >= 0.3 is 0 Å². The minimum atomic E-state index is -0.172. The van der Waals surface area contributed by atoms with E-state index in [4.69, 9.17) is 5.73 Å². The Bertz CT molecular complexity index is 517. The molecule has 0 aromatic heterocycles. The Labute approximate surface area is 95.1 Å². The molecule has 2 aromatic carbocycles. The molecule has 0 heterocycles. The van der Waals surface area contributed by atoms with Crippen molar-refractivity contribution in [2.24, 2.45) is 5.73 Å². The third-order valence-corrected chi connectivity index (χ3v) is 3.12. The molecule has 0 spiro atoms. The lowest BCUT2D eigenvalue weighted by molar-refractivity contribution is 0.539. The van der Waals surface area contributed by atoms with Gasteiger partial charge in [-0.3, -0.25) is 0 Å². The first-order chi connectivity index (χ1) is 7.54. The number of hydrogen-bond acceptors (Lipinski definition) is 1. The Balaban J connectivity index is 2.61. The summed E-state index contributed by atoms with van der Waals surface area (Å²) in [6.45, 7) is 4.76. The van der Waals surface area contributed by atoms with Crippen LogP contribution in [0.1, 0.15) is 19.4 Å². The van der Waals surface area contributed by atoms with Crippen molar-refractivity contribution < 1.29 is 4.39 Å². The maximum absolute atomic E-state index is 13.5. The van der Waals surface area contributed by atoms with Gasteiger partial charge in [-0.15, -0.1) is 0 Å². The van der Waals surface area contributed by atoms with Gasteiger partial charge in [0.15, 0.2) is 0 Å². The van der Waals surface area contributed by atoms with Crippen LogP contribution in [0.3, 0.4) is 0 Å². The van der Waals surface area contributed by atoms with E-state index in [1.54, 1.807) is 6.07 Å². The van der Waals surface area contributed by atoms with E-state index in [0.29, 0.717) is 11.9 Å². The topological polar surface area (TPSA) is 26.0 Å². The lowest BCUT2D eigenvalue weighted by Crippen LogP contribution is -2.27. The van der Waals surface area contributed by atoms with Crippen molar-refractivity contribution >= 4 is 10.8 Å². The minimum absolute atomic E-state index is 0.0689. The van der Waals surface area contributed by atoms with Crippen molar-refractivity contribution in [1.82, 2.24) is 0 Å². The fourth-order valence-electron chi connectivity index (χ4n) is 1.78. The summed E-state index contributed by atoms with van der Waals surface area (Å²) in [5.74, 6) is -0.172. The van der Waals surface area contributed by atoms with E-state index in [1.165, 1.54) is 6.07 Å². The van der Waals surface area contributed by atoms with Crippen LogP contribution in [0.4, 0.5) is 4.39 Å². The Morgan fingerprint density at radius 2 is 1.94 bits per heavy atom. The predicted molar refractivity (Wildman–Crippen MR) is 66.0 cm³/mol. The molecule has 0 unspecified atom stereocenters. The monoisotopic (exact) mass is 217 g/mol. The molecular formula is C14H16FN. The van der Waals surface area contributed by atoms with Crippen LogP contribution in [0.15, 0.2) is 36.4 Å². The van der Waals surface area contributed by atoms with Crippen LogP contribution in [0.5, 0.6) is 0 Å². The predicted octanol–water partition coefficient (Wildman–Crippen LogP) is 3.22. The number of fused-ring (bicyclic) bond motifs is 1. The average Bonchev–Trinajstić information content (AvgIpc) is 2.29. The van der Waals surface area contributed by atoms with Crippen molar-refractivity contribution in [2.75, 3.05) is 6.54 Å². The summed E-state index contributed by atoms with van der Waals surface area (Å²) in [5.41, 5.74) is 6.82. The molecule has 2 rings (SSSR count). The normalized spacial score (nSPS) is 12.0. The molecule has 0 radical (unpaired) electrons. The molecule has 0 aliphatic rings. The molecule has 0 amide bonds. The van der Waals surface area contributed by atoms with E-state index < -0.39 is 0 Å². The van der Waals surface area contributed by atoms with Gasteiger partial charge in [0.2, 0.25) is 0 Å². The van der Waals surface area contributed by atoms with Gasteiger partial charge in [-0.05, 0) is 17.0 Å². The molecular weight excluding hydrogens is 201 g/mol.